The molecule has 0 saturated heterocycles. The van der Waals surface area contributed by atoms with Gasteiger partial charge in [-0.2, -0.15) is 0 Å². The van der Waals surface area contributed by atoms with Gasteiger partial charge in [0.05, 0.1) is 12.0 Å². The van der Waals surface area contributed by atoms with Crippen molar-refractivity contribution < 1.29 is 4.42 Å². The minimum atomic E-state index is 0.521. The van der Waals surface area contributed by atoms with Gasteiger partial charge >= 0.3 is 0 Å². The van der Waals surface area contributed by atoms with Gasteiger partial charge in [0.15, 0.2) is 0 Å². The molecule has 0 N–H and O–H groups in total. The molecule has 0 aromatic carbocycles. The zero-order valence-electron chi connectivity index (χ0n) is 12.5. The molecule has 4 aromatic rings. The van der Waals surface area contributed by atoms with Crippen LogP contribution < -0.4 is 0 Å². The summed E-state index contributed by atoms with van der Waals surface area (Å²) in [4.78, 5) is 4.60. The molecule has 0 aliphatic rings. The Balaban J connectivity index is 1.49. The van der Waals surface area contributed by atoms with Gasteiger partial charge in [-0.05, 0) is 41.1 Å². The number of tetrazole rings is 1. The summed E-state index contributed by atoms with van der Waals surface area (Å²) in [6, 6.07) is 7.83. The highest BCUT2D eigenvalue weighted by atomic mass is 32.2. The van der Waals surface area contributed by atoms with E-state index in [-0.39, 0.29) is 0 Å². The van der Waals surface area contributed by atoms with E-state index in [2.05, 4.69) is 39.7 Å². The lowest BCUT2D eigenvalue weighted by molar-refractivity contribution is 0.462. The quantitative estimate of drug-likeness (QED) is 0.525. The summed E-state index contributed by atoms with van der Waals surface area (Å²) >= 11 is 1.56. The number of nitrogens with zero attached hydrogens (tertiary/aromatic N) is 6. The Bertz CT molecular complexity index is 927. The van der Waals surface area contributed by atoms with E-state index >= 15 is 0 Å². The van der Waals surface area contributed by atoms with Crippen LogP contribution in [0.5, 0.6) is 0 Å². The first kappa shape index (κ1) is 14.0. The van der Waals surface area contributed by atoms with Crippen LogP contribution in [0, 0.1) is 6.92 Å². The van der Waals surface area contributed by atoms with Crippen LogP contribution in [0.4, 0.5) is 0 Å². The molecular formula is C15H14N6OS. The van der Waals surface area contributed by atoms with Crippen molar-refractivity contribution in [2.45, 2.75) is 24.4 Å². The zero-order valence-corrected chi connectivity index (χ0v) is 13.3. The number of hydrogen-bond donors (Lipinski definition) is 0. The van der Waals surface area contributed by atoms with E-state index in [4.69, 9.17) is 4.42 Å². The smallest absolute Gasteiger partial charge is 0.210 e. The Morgan fingerprint density at radius 3 is 3.04 bits per heavy atom. The number of hydrogen-bond acceptors (Lipinski definition) is 6. The van der Waals surface area contributed by atoms with Gasteiger partial charge in [-0.1, -0.05) is 17.8 Å². The zero-order chi connectivity index (χ0) is 15.6. The molecule has 0 bridgehead atoms. The molecule has 4 rings (SSSR count). The number of rotatable bonds is 5. The lowest BCUT2D eigenvalue weighted by atomic mass is 10.3. The largest absolute Gasteiger partial charge is 0.467 e. The minimum Gasteiger partial charge on any atom is -0.467 e. The van der Waals surface area contributed by atoms with Crippen molar-refractivity contribution in [1.29, 1.82) is 0 Å². The normalized spacial score (nSPS) is 11.3. The van der Waals surface area contributed by atoms with Crippen molar-refractivity contribution in [3.63, 3.8) is 0 Å². The van der Waals surface area contributed by atoms with Crippen LogP contribution in [0.1, 0.15) is 17.0 Å². The third kappa shape index (κ3) is 2.98. The molecule has 4 heterocycles. The molecular weight excluding hydrogens is 312 g/mol. The van der Waals surface area contributed by atoms with E-state index in [9.17, 15) is 0 Å². The number of aryl methyl sites for hydroxylation is 1. The molecule has 0 fully saturated rings. The minimum absolute atomic E-state index is 0.521. The molecule has 116 valence electrons. The van der Waals surface area contributed by atoms with Crippen molar-refractivity contribution in [2.24, 2.45) is 0 Å². The Morgan fingerprint density at radius 1 is 1.22 bits per heavy atom. The number of fused-ring (bicyclic) bond motifs is 1. The first-order chi connectivity index (χ1) is 11.3. The van der Waals surface area contributed by atoms with Gasteiger partial charge in [0.2, 0.25) is 5.16 Å². The van der Waals surface area contributed by atoms with Gasteiger partial charge in [-0.15, -0.1) is 5.10 Å². The second-order valence-electron chi connectivity index (χ2n) is 5.19. The summed E-state index contributed by atoms with van der Waals surface area (Å²) < 4.78 is 9.10. The number of aromatic nitrogens is 6. The fourth-order valence-corrected chi connectivity index (χ4v) is 3.07. The molecule has 0 atom stereocenters. The van der Waals surface area contributed by atoms with Crippen LogP contribution in [0.25, 0.3) is 5.65 Å². The molecule has 0 radical (unpaired) electrons. The molecule has 0 saturated carbocycles. The highest BCUT2D eigenvalue weighted by molar-refractivity contribution is 7.98. The number of imidazole rings is 1. The van der Waals surface area contributed by atoms with Crippen molar-refractivity contribution >= 4 is 17.4 Å². The van der Waals surface area contributed by atoms with Crippen LogP contribution in [0.3, 0.4) is 0 Å². The van der Waals surface area contributed by atoms with Crippen LogP contribution in [0.2, 0.25) is 0 Å². The van der Waals surface area contributed by atoms with Crippen molar-refractivity contribution in [3.8, 4) is 0 Å². The van der Waals surface area contributed by atoms with E-state index in [0.717, 1.165) is 22.3 Å². The van der Waals surface area contributed by atoms with Gasteiger partial charge in [0.25, 0.3) is 0 Å². The maximum atomic E-state index is 5.33. The summed E-state index contributed by atoms with van der Waals surface area (Å²) in [5, 5.41) is 12.6. The summed E-state index contributed by atoms with van der Waals surface area (Å²) in [6.45, 7) is 2.59. The second-order valence-corrected chi connectivity index (χ2v) is 6.13. The van der Waals surface area contributed by atoms with Crippen molar-refractivity contribution in [3.05, 3.63) is 59.9 Å². The first-order valence-electron chi connectivity index (χ1n) is 7.13. The van der Waals surface area contributed by atoms with Crippen LogP contribution in [0.15, 0.2) is 52.5 Å². The summed E-state index contributed by atoms with van der Waals surface area (Å²) in [5.74, 6) is 1.53. The maximum Gasteiger partial charge on any atom is 0.210 e. The molecule has 0 aliphatic carbocycles. The van der Waals surface area contributed by atoms with E-state index in [1.807, 2.05) is 28.8 Å². The monoisotopic (exact) mass is 326 g/mol. The average molecular weight is 326 g/mol. The van der Waals surface area contributed by atoms with E-state index in [1.54, 1.807) is 22.7 Å². The summed E-state index contributed by atoms with van der Waals surface area (Å²) in [5.41, 5.74) is 3.14. The maximum absolute atomic E-state index is 5.33. The van der Waals surface area contributed by atoms with Crippen molar-refractivity contribution in [1.82, 2.24) is 29.6 Å². The highest BCUT2D eigenvalue weighted by Crippen LogP contribution is 2.20. The van der Waals surface area contributed by atoms with E-state index in [1.165, 1.54) is 5.56 Å². The average Bonchev–Trinajstić information content (AvgIpc) is 3.26. The second kappa shape index (κ2) is 5.88. The van der Waals surface area contributed by atoms with Gasteiger partial charge < -0.3 is 8.82 Å². The van der Waals surface area contributed by atoms with Gasteiger partial charge in [-0.25, -0.2) is 9.67 Å². The first-order valence-corrected chi connectivity index (χ1v) is 8.12. The predicted octanol–water partition coefficient (Wildman–Crippen LogP) is 2.56. The van der Waals surface area contributed by atoms with Crippen LogP contribution >= 0.6 is 11.8 Å². The molecule has 23 heavy (non-hydrogen) atoms. The van der Waals surface area contributed by atoms with Crippen LogP contribution in [-0.2, 0) is 12.3 Å². The molecule has 0 aliphatic heterocycles. The predicted molar refractivity (Wildman–Crippen MR) is 85.1 cm³/mol. The van der Waals surface area contributed by atoms with Crippen LogP contribution in [-0.4, -0.2) is 29.6 Å². The molecule has 0 amide bonds. The fourth-order valence-electron chi connectivity index (χ4n) is 2.31. The van der Waals surface area contributed by atoms with Gasteiger partial charge in [-0.3, -0.25) is 0 Å². The number of furan rings is 1. The molecule has 0 unspecified atom stereocenters. The van der Waals surface area contributed by atoms with E-state index < -0.39 is 0 Å². The summed E-state index contributed by atoms with van der Waals surface area (Å²) in [6.07, 6.45) is 5.75. The topological polar surface area (TPSA) is 74.0 Å². The standard InChI is InChI=1S/C15H14N6OS/c1-11-4-5-14-16-12(8-20(14)7-11)10-23-15-17-18-19-21(15)9-13-3-2-6-22-13/h2-8H,9-10H2,1H3. The third-order valence-electron chi connectivity index (χ3n) is 3.38. The number of pyridine rings is 1. The SMILES string of the molecule is Cc1ccc2nc(CSc3nnnn3Cc3ccco3)cn2c1. The lowest BCUT2D eigenvalue weighted by Gasteiger charge is -2.00. The van der Waals surface area contributed by atoms with Gasteiger partial charge in [0.1, 0.15) is 18.0 Å². The van der Waals surface area contributed by atoms with Gasteiger partial charge in [0, 0.05) is 18.1 Å². The third-order valence-corrected chi connectivity index (χ3v) is 4.37. The summed E-state index contributed by atoms with van der Waals surface area (Å²) in [7, 11) is 0. The van der Waals surface area contributed by atoms with E-state index in [0.29, 0.717) is 12.3 Å². The molecule has 8 heteroatoms. The highest BCUT2D eigenvalue weighted by Gasteiger charge is 2.10. The fraction of sp³-hybridized carbons (Fsp3) is 0.200. The lowest BCUT2D eigenvalue weighted by Crippen LogP contribution is -2.03. The molecule has 7 nitrogen and oxygen atoms in total. The molecule has 0 spiro atoms. The Morgan fingerprint density at radius 2 is 2.17 bits per heavy atom. The number of thioether (sulfide) groups is 1. The Hall–Kier alpha value is -2.61. The Labute approximate surface area is 136 Å². The van der Waals surface area contributed by atoms with Crippen molar-refractivity contribution in [2.75, 3.05) is 0 Å². The Kier molecular flexibility index (Phi) is 3.58. The molecule has 4 aromatic heterocycles.